The number of para-hydroxylation sites is 1. The fourth-order valence-electron chi connectivity index (χ4n) is 8.51. The van der Waals surface area contributed by atoms with Crippen LogP contribution >= 0.6 is 11.6 Å². The molecule has 54 heavy (non-hydrogen) atoms. The Morgan fingerprint density at radius 2 is 1.74 bits per heavy atom. The maximum Gasteiger partial charge on any atom is 0.264 e. The smallest absolute Gasteiger partial charge is 0.264 e. The second kappa shape index (κ2) is 15.2. The van der Waals surface area contributed by atoms with Crippen molar-refractivity contribution in [1.82, 2.24) is 9.88 Å². The average Bonchev–Trinajstić information content (AvgIpc) is 3.75. The van der Waals surface area contributed by atoms with Crippen molar-refractivity contribution < 1.29 is 29.0 Å². The zero-order chi connectivity index (χ0) is 38.2. The molecule has 280 valence electrons. The molecule has 4 atom stereocenters. The third kappa shape index (κ3) is 7.22. The molecule has 2 aliphatic rings. The second-order valence-corrected chi connectivity index (χ2v) is 19.3. The summed E-state index contributed by atoms with van der Waals surface area (Å²) in [6, 6.07) is 30.1. The van der Waals surface area contributed by atoms with E-state index < -0.39 is 31.5 Å². The van der Waals surface area contributed by atoms with Gasteiger partial charge in [-0.05, 0) is 66.2 Å². The zero-order valence-corrected chi connectivity index (χ0v) is 32.3. The van der Waals surface area contributed by atoms with Crippen molar-refractivity contribution in [3.05, 3.63) is 131 Å². The Hall–Kier alpha value is -4.78. The fraction of sp³-hybridized carbons (Fsp3) is 0.310. The lowest BCUT2D eigenvalue weighted by atomic mass is 9.82. The normalized spacial score (nSPS) is 20.8. The lowest BCUT2D eigenvalue weighted by Gasteiger charge is -2.32. The van der Waals surface area contributed by atoms with E-state index in [1.54, 1.807) is 21.9 Å². The molecule has 0 radical (unpaired) electrons. The van der Waals surface area contributed by atoms with Gasteiger partial charge in [-0.15, -0.1) is 0 Å². The van der Waals surface area contributed by atoms with Crippen molar-refractivity contribution in [3.8, 4) is 0 Å². The lowest BCUT2D eigenvalue weighted by molar-refractivity contribution is -0.150. The lowest BCUT2D eigenvalue weighted by Crippen LogP contribution is -2.46. The predicted octanol–water partition coefficient (Wildman–Crippen LogP) is 6.76. The number of anilines is 2. The number of amides is 3. The molecule has 0 aliphatic carbocycles. The first-order valence-electron chi connectivity index (χ1n) is 18.3. The van der Waals surface area contributed by atoms with E-state index >= 15 is 0 Å². The van der Waals surface area contributed by atoms with E-state index in [-0.39, 0.29) is 50.3 Å². The first kappa shape index (κ1) is 37.5. The van der Waals surface area contributed by atoms with E-state index in [1.807, 2.05) is 111 Å². The molecule has 1 spiro atoms. The molecule has 1 saturated heterocycles. The van der Waals surface area contributed by atoms with Gasteiger partial charge in [0.05, 0.1) is 37.8 Å². The van der Waals surface area contributed by atoms with Gasteiger partial charge >= 0.3 is 0 Å². The summed E-state index contributed by atoms with van der Waals surface area (Å²) in [6.45, 7) is 5.99. The van der Waals surface area contributed by atoms with E-state index in [4.69, 9.17) is 16.3 Å². The van der Waals surface area contributed by atoms with Crippen LogP contribution in [-0.4, -0.2) is 65.1 Å². The second-order valence-electron chi connectivity index (χ2n) is 14.9. The van der Waals surface area contributed by atoms with Crippen LogP contribution in [0.2, 0.25) is 23.7 Å². The molecule has 5 aromatic rings. The summed E-state index contributed by atoms with van der Waals surface area (Å²) >= 11 is 6.59. The number of nitrogens with one attached hydrogen (secondary N) is 2. The van der Waals surface area contributed by atoms with Gasteiger partial charge in [0, 0.05) is 57.9 Å². The van der Waals surface area contributed by atoms with Crippen LogP contribution in [0.4, 0.5) is 11.4 Å². The summed E-state index contributed by atoms with van der Waals surface area (Å²) in [5.41, 5.74) is 3.47. The molecule has 2 aliphatic heterocycles. The van der Waals surface area contributed by atoms with E-state index in [2.05, 4.69) is 10.3 Å². The van der Waals surface area contributed by atoms with Crippen molar-refractivity contribution in [2.45, 2.75) is 63.2 Å². The van der Waals surface area contributed by atoms with Gasteiger partial charge in [0.25, 0.3) is 5.91 Å². The summed E-state index contributed by atoms with van der Waals surface area (Å²) in [7, 11) is -3.05. The summed E-state index contributed by atoms with van der Waals surface area (Å²) in [5.74, 6) is -1.18. The summed E-state index contributed by atoms with van der Waals surface area (Å²) in [6.07, 6.45) is 1.23. The Morgan fingerprint density at radius 3 is 2.50 bits per heavy atom. The summed E-state index contributed by atoms with van der Waals surface area (Å²) in [5, 5.41) is 14.3. The molecular formula is C42H45ClN4O6Si. The number of hydrogen-bond acceptors (Lipinski definition) is 6. The molecule has 0 unspecified atom stereocenters. The van der Waals surface area contributed by atoms with Crippen LogP contribution in [0.1, 0.15) is 35.6 Å². The Bertz CT molecular complexity index is 2190. The van der Waals surface area contributed by atoms with Gasteiger partial charge in [-0.2, -0.15) is 0 Å². The van der Waals surface area contributed by atoms with Crippen LogP contribution in [0, 0.1) is 5.92 Å². The first-order chi connectivity index (χ1) is 25.9. The van der Waals surface area contributed by atoms with Gasteiger partial charge in [0.15, 0.2) is 13.9 Å². The largest absolute Gasteiger partial charge is 0.432 e. The Kier molecular flexibility index (Phi) is 10.5. The number of aliphatic hydroxyl groups excluding tert-OH is 1. The quantitative estimate of drug-likeness (QED) is 0.104. The van der Waals surface area contributed by atoms with Crippen LogP contribution in [0.15, 0.2) is 103 Å². The van der Waals surface area contributed by atoms with Crippen LogP contribution < -0.4 is 10.2 Å². The molecular weight excluding hydrogens is 720 g/mol. The van der Waals surface area contributed by atoms with Crippen molar-refractivity contribution in [2.24, 2.45) is 5.92 Å². The highest BCUT2D eigenvalue weighted by Crippen LogP contribution is 2.60. The number of carbonyl (C=O) groups is 3. The number of rotatable bonds is 12. The third-order valence-corrected chi connectivity index (χ3v) is 13.6. The number of aromatic nitrogens is 1. The van der Waals surface area contributed by atoms with Crippen LogP contribution in [0.25, 0.3) is 10.9 Å². The summed E-state index contributed by atoms with van der Waals surface area (Å²) < 4.78 is 6.88. The highest BCUT2D eigenvalue weighted by Gasteiger charge is 2.66. The van der Waals surface area contributed by atoms with Gasteiger partial charge in [-0.1, -0.05) is 79.2 Å². The van der Waals surface area contributed by atoms with Gasteiger partial charge in [0.1, 0.15) is 0 Å². The van der Waals surface area contributed by atoms with E-state index in [1.165, 1.54) is 0 Å². The molecule has 12 heteroatoms. The minimum absolute atomic E-state index is 0.0654. The third-order valence-electron chi connectivity index (χ3n) is 10.8. The number of aromatic amines is 1. The zero-order valence-electron chi connectivity index (χ0n) is 30.6. The fourth-order valence-corrected chi connectivity index (χ4v) is 11.2. The molecule has 4 N–H and O–H groups in total. The standard InChI is InChI=1S/C42H45ClN4O6Si/c1-27-40(54(2,3)52)37(23-39(50)46(18-19-48)25-28-10-5-4-6-11-28)53-42(27)34-22-31(43)16-17-36(34)47(41(42)51)26-29-12-9-13-32(20-29)45-38(49)21-30-24-44-35-15-8-7-14-33(30)35/h4-17,20,22,24,27,37,40,44,48,52H,18-19,21,23,25-26H2,1-3H3,(H,45,49)/t27-,37+,40-,42+/m0/s1. The van der Waals surface area contributed by atoms with Crippen LogP contribution in [0.3, 0.4) is 0 Å². The van der Waals surface area contributed by atoms with Crippen LogP contribution in [-0.2, 0) is 44.2 Å². The SMILES string of the molecule is C[C@H]1[C@H]([Si](C)(C)O)[C@@H](CC(=O)N(CCO)Cc2ccccc2)O[C@]12C(=O)N(Cc1cccc(NC(=O)Cc3c[nH]c4ccccc34)c1)c1ccc(Cl)cc12. The topological polar surface area (TPSA) is 135 Å². The number of hydrogen-bond donors (Lipinski definition) is 4. The highest BCUT2D eigenvalue weighted by molar-refractivity contribution is 6.71. The predicted molar refractivity (Wildman–Crippen MR) is 212 cm³/mol. The Balaban J connectivity index is 1.14. The molecule has 3 heterocycles. The highest BCUT2D eigenvalue weighted by atomic mass is 35.5. The summed E-state index contributed by atoms with van der Waals surface area (Å²) in [4.78, 5) is 60.2. The molecule has 1 aromatic heterocycles. The number of H-pyrrole nitrogens is 1. The molecule has 10 nitrogen and oxygen atoms in total. The first-order valence-corrected chi connectivity index (χ1v) is 21.7. The Morgan fingerprint density at radius 1 is 1.00 bits per heavy atom. The van der Waals surface area contributed by atoms with Gasteiger partial charge in [-0.25, -0.2) is 0 Å². The van der Waals surface area contributed by atoms with Gasteiger partial charge < -0.3 is 34.7 Å². The van der Waals surface area contributed by atoms with Gasteiger partial charge in [-0.3, -0.25) is 14.4 Å². The van der Waals surface area contributed by atoms with E-state index in [9.17, 15) is 24.3 Å². The van der Waals surface area contributed by atoms with Crippen molar-refractivity contribution in [2.75, 3.05) is 23.4 Å². The number of fused-ring (bicyclic) bond motifs is 3. The number of carbonyl (C=O) groups excluding carboxylic acids is 3. The maximum absolute atomic E-state index is 14.9. The molecule has 0 bridgehead atoms. The molecule has 1 fully saturated rings. The van der Waals surface area contributed by atoms with Crippen LogP contribution in [0.5, 0.6) is 0 Å². The molecule has 4 aromatic carbocycles. The number of ether oxygens (including phenoxy) is 1. The van der Waals surface area contributed by atoms with Crippen molar-refractivity contribution in [3.63, 3.8) is 0 Å². The minimum atomic E-state index is -3.05. The van der Waals surface area contributed by atoms with Gasteiger partial charge in [0.2, 0.25) is 11.8 Å². The number of aliphatic hydroxyl groups is 1. The maximum atomic E-state index is 14.9. The minimum Gasteiger partial charge on any atom is -0.432 e. The van der Waals surface area contributed by atoms with E-state index in [0.29, 0.717) is 28.5 Å². The number of halogens is 1. The Labute approximate surface area is 320 Å². The van der Waals surface area contributed by atoms with E-state index in [0.717, 1.165) is 27.6 Å². The number of benzene rings is 4. The number of nitrogens with zero attached hydrogens (tertiary/aromatic N) is 2. The van der Waals surface area contributed by atoms with Crippen molar-refractivity contribution in [1.29, 1.82) is 0 Å². The molecule has 7 rings (SSSR count). The molecule has 3 amide bonds. The monoisotopic (exact) mass is 764 g/mol. The molecule has 0 saturated carbocycles. The van der Waals surface area contributed by atoms with Crippen molar-refractivity contribution >= 4 is 59.9 Å². The average molecular weight is 765 g/mol.